The molecule has 4 nitrogen and oxygen atoms in total. The SMILES string of the molecule is CC(C)C(C)(O)CN1CCC(N2CCOCC2)C1. The zero-order valence-electron chi connectivity index (χ0n) is 12.1. The number of β-amino-alcohol motifs (C(OH)–C–C–N with tert-alkyl or cyclic N) is 1. The Morgan fingerprint density at radius 1 is 1.28 bits per heavy atom. The van der Waals surface area contributed by atoms with Gasteiger partial charge in [0.1, 0.15) is 0 Å². The molecule has 106 valence electrons. The van der Waals surface area contributed by atoms with E-state index in [1.807, 2.05) is 6.92 Å². The van der Waals surface area contributed by atoms with Crippen LogP contribution in [0.3, 0.4) is 0 Å². The highest BCUT2D eigenvalue weighted by molar-refractivity contribution is 4.89. The van der Waals surface area contributed by atoms with Crippen LogP contribution in [0.25, 0.3) is 0 Å². The molecule has 0 saturated carbocycles. The van der Waals surface area contributed by atoms with E-state index in [0.717, 1.165) is 45.9 Å². The molecule has 2 unspecified atom stereocenters. The summed E-state index contributed by atoms with van der Waals surface area (Å²) in [5.41, 5.74) is -0.570. The molecule has 2 rings (SSSR count). The van der Waals surface area contributed by atoms with Crippen LogP contribution in [0.5, 0.6) is 0 Å². The van der Waals surface area contributed by atoms with Gasteiger partial charge in [0.05, 0.1) is 18.8 Å². The van der Waals surface area contributed by atoms with Crippen molar-refractivity contribution in [1.82, 2.24) is 9.80 Å². The summed E-state index contributed by atoms with van der Waals surface area (Å²) in [6, 6.07) is 0.664. The average Bonchev–Trinajstić information content (AvgIpc) is 2.78. The average molecular weight is 256 g/mol. The van der Waals surface area contributed by atoms with Gasteiger partial charge in [-0.15, -0.1) is 0 Å². The zero-order chi connectivity index (χ0) is 13.2. The molecule has 2 saturated heterocycles. The van der Waals surface area contributed by atoms with Crippen molar-refractivity contribution in [3.8, 4) is 0 Å². The van der Waals surface area contributed by atoms with Gasteiger partial charge in [-0.3, -0.25) is 9.80 Å². The molecule has 0 spiro atoms. The van der Waals surface area contributed by atoms with Crippen molar-refractivity contribution in [2.24, 2.45) is 5.92 Å². The smallest absolute Gasteiger partial charge is 0.0768 e. The van der Waals surface area contributed by atoms with Crippen LogP contribution in [0.4, 0.5) is 0 Å². The predicted molar refractivity (Wildman–Crippen MR) is 72.7 cm³/mol. The van der Waals surface area contributed by atoms with Gasteiger partial charge in [0.15, 0.2) is 0 Å². The fourth-order valence-electron chi connectivity index (χ4n) is 2.83. The maximum atomic E-state index is 10.4. The quantitative estimate of drug-likeness (QED) is 0.807. The Hall–Kier alpha value is -0.160. The van der Waals surface area contributed by atoms with Crippen molar-refractivity contribution in [2.45, 2.75) is 38.8 Å². The Kier molecular flexibility index (Phi) is 4.64. The molecular formula is C14H28N2O2. The molecule has 4 heteroatoms. The first-order chi connectivity index (χ1) is 8.49. The lowest BCUT2D eigenvalue weighted by molar-refractivity contribution is -0.0178. The topological polar surface area (TPSA) is 35.9 Å². The Morgan fingerprint density at radius 3 is 2.56 bits per heavy atom. The van der Waals surface area contributed by atoms with Crippen LogP contribution in [-0.4, -0.2) is 72.5 Å². The maximum Gasteiger partial charge on any atom is 0.0768 e. The fraction of sp³-hybridized carbons (Fsp3) is 1.00. The van der Waals surface area contributed by atoms with Gasteiger partial charge in [-0.25, -0.2) is 0 Å². The Morgan fingerprint density at radius 2 is 1.94 bits per heavy atom. The lowest BCUT2D eigenvalue weighted by Gasteiger charge is -2.34. The molecule has 0 aromatic carbocycles. The zero-order valence-corrected chi connectivity index (χ0v) is 12.1. The highest BCUT2D eigenvalue weighted by atomic mass is 16.5. The number of ether oxygens (including phenoxy) is 1. The van der Waals surface area contributed by atoms with Gasteiger partial charge in [-0.2, -0.15) is 0 Å². The highest BCUT2D eigenvalue weighted by Crippen LogP contribution is 2.22. The Balaban J connectivity index is 1.81. The van der Waals surface area contributed by atoms with Crippen molar-refractivity contribution in [1.29, 1.82) is 0 Å². The Labute approximate surface area is 111 Å². The molecule has 2 aliphatic rings. The molecule has 0 bridgehead atoms. The van der Waals surface area contributed by atoms with Gasteiger partial charge in [-0.1, -0.05) is 13.8 Å². The van der Waals surface area contributed by atoms with E-state index in [2.05, 4.69) is 23.6 Å². The summed E-state index contributed by atoms with van der Waals surface area (Å²) in [5, 5.41) is 10.4. The molecule has 18 heavy (non-hydrogen) atoms. The minimum absolute atomic E-state index is 0.305. The van der Waals surface area contributed by atoms with Crippen LogP contribution in [0.15, 0.2) is 0 Å². The standard InChI is InChI=1S/C14H28N2O2/c1-12(2)14(3,17)11-15-5-4-13(10-15)16-6-8-18-9-7-16/h12-13,17H,4-11H2,1-3H3. The molecule has 2 atom stereocenters. The third-order valence-electron chi connectivity index (χ3n) is 4.60. The fourth-order valence-corrected chi connectivity index (χ4v) is 2.83. The van der Waals surface area contributed by atoms with Crippen molar-refractivity contribution in [3.05, 3.63) is 0 Å². The van der Waals surface area contributed by atoms with Crippen LogP contribution in [-0.2, 0) is 4.74 Å². The summed E-state index contributed by atoms with van der Waals surface area (Å²) < 4.78 is 5.40. The largest absolute Gasteiger partial charge is 0.389 e. The van der Waals surface area contributed by atoms with E-state index in [0.29, 0.717) is 12.0 Å². The van der Waals surface area contributed by atoms with Gasteiger partial charge >= 0.3 is 0 Å². The van der Waals surface area contributed by atoms with Crippen LogP contribution in [0, 0.1) is 5.92 Å². The van der Waals surface area contributed by atoms with Gasteiger partial charge in [0.2, 0.25) is 0 Å². The molecule has 0 aromatic heterocycles. The summed E-state index contributed by atoms with van der Waals surface area (Å²) in [6.07, 6.45) is 1.23. The van der Waals surface area contributed by atoms with E-state index < -0.39 is 5.60 Å². The van der Waals surface area contributed by atoms with Gasteiger partial charge in [0.25, 0.3) is 0 Å². The first-order valence-electron chi connectivity index (χ1n) is 7.25. The van der Waals surface area contributed by atoms with Gasteiger partial charge in [0, 0.05) is 32.2 Å². The second-order valence-electron chi connectivity index (χ2n) is 6.34. The molecule has 2 heterocycles. The normalized spacial score (nSPS) is 30.8. The number of morpholine rings is 1. The number of hydrogen-bond acceptors (Lipinski definition) is 4. The van der Waals surface area contributed by atoms with Crippen LogP contribution >= 0.6 is 0 Å². The van der Waals surface area contributed by atoms with Crippen LogP contribution in [0.1, 0.15) is 27.2 Å². The monoisotopic (exact) mass is 256 g/mol. The molecule has 2 aliphatic heterocycles. The molecule has 0 radical (unpaired) electrons. The highest BCUT2D eigenvalue weighted by Gasteiger charge is 2.33. The Bertz CT molecular complexity index is 263. The molecule has 2 fully saturated rings. The summed E-state index contributed by atoms with van der Waals surface area (Å²) in [5.74, 6) is 0.305. The second-order valence-corrected chi connectivity index (χ2v) is 6.34. The number of nitrogens with zero attached hydrogens (tertiary/aromatic N) is 2. The van der Waals surface area contributed by atoms with E-state index in [4.69, 9.17) is 4.74 Å². The van der Waals surface area contributed by atoms with E-state index in [1.165, 1.54) is 6.42 Å². The van der Waals surface area contributed by atoms with Crippen molar-refractivity contribution < 1.29 is 9.84 Å². The van der Waals surface area contributed by atoms with Gasteiger partial charge in [-0.05, 0) is 25.8 Å². The summed E-state index contributed by atoms with van der Waals surface area (Å²) in [4.78, 5) is 4.97. The molecule has 0 aromatic rings. The van der Waals surface area contributed by atoms with Crippen molar-refractivity contribution in [2.75, 3.05) is 45.9 Å². The van der Waals surface area contributed by atoms with E-state index in [-0.39, 0.29) is 0 Å². The molecule has 0 amide bonds. The number of rotatable bonds is 4. The maximum absolute atomic E-state index is 10.4. The predicted octanol–water partition coefficient (Wildman–Crippen LogP) is 0.800. The lowest BCUT2D eigenvalue weighted by Crippen LogP contribution is -2.47. The minimum atomic E-state index is -0.570. The van der Waals surface area contributed by atoms with E-state index in [1.54, 1.807) is 0 Å². The second kappa shape index (κ2) is 5.87. The summed E-state index contributed by atoms with van der Waals surface area (Å²) >= 11 is 0. The third-order valence-corrected chi connectivity index (χ3v) is 4.60. The molecule has 0 aliphatic carbocycles. The summed E-state index contributed by atoms with van der Waals surface area (Å²) in [6.45, 7) is 13.0. The van der Waals surface area contributed by atoms with E-state index >= 15 is 0 Å². The van der Waals surface area contributed by atoms with Crippen LogP contribution < -0.4 is 0 Å². The van der Waals surface area contributed by atoms with E-state index in [9.17, 15) is 5.11 Å². The molecular weight excluding hydrogens is 228 g/mol. The van der Waals surface area contributed by atoms with Crippen molar-refractivity contribution >= 4 is 0 Å². The third kappa shape index (κ3) is 3.44. The van der Waals surface area contributed by atoms with Crippen LogP contribution in [0.2, 0.25) is 0 Å². The van der Waals surface area contributed by atoms with Crippen molar-refractivity contribution in [3.63, 3.8) is 0 Å². The van der Waals surface area contributed by atoms with Gasteiger partial charge < -0.3 is 9.84 Å². The number of aliphatic hydroxyl groups is 1. The first kappa shape index (κ1) is 14.3. The molecule has 1 N–H and O–H groups in total. The number of likely N-dealkylation sites (tertiary alicyclic amines) is 1. The lowest BCUT2D eigenvalue weighted by atomic mass is 9.92. The minimum Gasteiger partial charge on any atom is -0.389 e. The summed E-state index contributed by atoms with van der Waals surface area (Å²) in [7, 11) is 0. The number of hydrogen-bond donors (Lipinski definition) is 1. The first-order valence-corrected chi connectivity index (χ1v) is 7.25.